The van der Waals surface area contributed by atoms with Gasteiger partial charge in [-0.25, -0.2) is 9.78 Å². The number of carbonyl (C=O) groups is 2. The second kappa shape index (κ2) is 6.70. The summed E-state index contributed by atoms with van der Waals surface area (Å²) < 4.78 is 7.12. The number of carbonyl (C=O) groups excluding carboxylic acids is 2. The maximum Gasteiger partial charge on any atom is 0.336 e. The molecule has 0 unspecified atom stereocenters. The van der Waals surface area contributed by atoms with Gasteiger partial charge in [0.1, 0.15) is 5.75 Å². The lowest BCUT2D eigenvalue weighted by atomic mass is 10.2. The van der Waals surface area contributed by atoms with Crippen LogP contribution in [0.2, 0.25) is 5.02 Å². The van der Waals surface area contributed by atoms with E-state index in [0.29, 0.717) is 5.02 Å². The van der Waals surface area contributed by atoms with Crippen molar-refractivity contribution in [2.24, 2.45) is 5.73 Å². The molecule has 0 spiro atoms. The minimum atomic E-state index is -0.726. The molecule has 3 aromatic rings. The van der Waals surface area contributed by atoms with E-state index >= 15 is 0 Å². The summed E-state index contributed by atoms with van der Waals surface area (Å²) in [5.74, 6) is -1.30. The highest BCUT2D eigenvalue weighted by Gasteiger charge is 2.13. The highest BCUT2D eigenvalue weighted by Crippen LogP contribution is 2.24. The van der Waals surface area contributed by atoms with Gasteiger partial charge in [0.15, 0.2) is 4.96 Å². The molecule has 0 aliphatic carbocycles. The van der Waals surface area contributed by atoms with Crippen molar-refractivity contribution in [3.63, 3.8) is 0 Å². The summed E-state index contributed by atoms with van der Waals surface area (Å²) >= 11 is 7.40. The maximum atomic E-state index is 12.1. The van der Waals surface area contributed by atoms with Gasteiger partial charge >= 0.3 is 5.97 Å². The second-order valence-corrected chi connectivity index (χ2v) is 6.99. The van der Waals surface area contributed by atoms with E-state index in [1.165, 1.54) is 24.3 Å². The van der Waals surface area contributed by atoms with E-state index in [2.05, 4.69) is 4.98 Å². The Kier molecular flexibility index (Phi) is 4.61. The van der Waals surface area contributed by atoms with Crippen LogP contribution in [0.25, 0.3) is 11.0 Å². The predicted octanol–water partition coefficient (Wildman–Crippen LogP) is 3.38. The first kappa shape index (κ1) is 17.2. The van der Waals surface area contributed by atoms with E-state index in [0.717, 1.165) is 21.2 Å². The average Bonchev–Trinajstić information content (AvgIpc) is 3.02. The van der Waals surface area contributed by atoms with Crippen molar-refractivity contribution in [2.45, 2.75) is 13.8 Å². The SMILES string of the molecule is Cc1cn2c(C=CC(=O)Oc3ccc(Cl)cc3C(N)=O)c(C)nc2s1. The van der Waals surface area contributed by atoms with Gasteiger partial charge in [-0.3, -0.25) is 9.20 Å². The van der Waals surface area contributed by atoms with Crippen LogP contribution in [0.5, 0.6) is 5.75 Å². The zero-order chi connectivity index (χ0) is 18.1. The number of amides is 1. The first-order valence-electron chi connectivity index (χ1n) is 7.29. The Hall–Kier alpha value is -2.64. The minimum Gasteiger partial charge on any atom is -0.423 e. The molecule has 0 saturated heterocycles. The van der Waals surface area contributed by atoms with Crippen LogP contribution in [0.3, 0.4) is 0 Å². The molecule has 1 aromatic carbocycles. The standard InChI is InChI=1S/C17H14ClN3O3S/c1-9-8-21-13(10(2)20-17(21)25-9)4-6-15(22)24-14-5-3-11(18)7-12(14)16(19)23/h3-8H,1-2H3,(H2,19,23). The van der Waals surface area contributed by atoms with Gasteiger partial charge in [-0.15, -0.1) is 11.3 Å². The van der Waals surface area contributed by atoms with Crippen LogP contribution >= 0.6 is 22.9 Å². The molecule has 128 valence electrons. The monoisotopic (exact) mass is 375 g/mol. The van der Waals surface area contributed by atoms with Crippen molar-refractivity contribution in [3.8, 4) is 5.75 Å². The molecule has 0 aliphatic heterocycles. The summed E-state index contributed by atoms with van der Waals surface area (Å²) in [6.45, 7) is 3.85. The number of nitrogens with two attached hydrogens (primary N) is 1. The fourth-order valence-electron chi connectivity index (χ4n) is 2.35. The number of aryl methyl sites for hydroxylation is 2. The zero-order valence-electron chi connectivity index (χ0n) is 13.4. The van der Waals surface area contributed by atoms with Crippen molar-refractivity contribution in [1.29, 1.82) is 0 Å². The topological polar surface area (TPSA) is 86.7 Å². The number of halogens is 1. The molecule has 0 atom stereocenters. The number of hydrogen-bond acceptors (Lipinski definition) is 5. The molecular formula is C17H14ClN3O3S. The van der Waals surface area contributed by atoms with Crippen molar-refractivity contribution < 1.29 is 14.3 Å². The number of hydrogen-bond donors (Lipinski definition) is 1. The Balaban J connectivity index is 1.84. The average molecular weight is 376 g/mol. The molecule has 1 amide bonds. The number of aromatic nitrogens is 2. The molecule has 0 radical (unpaired) electrons. The number of ether oxygens (including phenoxy) is 1. The Bertz CT molecular complexity index is 1020. The van der Waals surface area contributed by atoms with E-state index in [9.17, 15) is 9.59 Å². The zero-order valence-corrected chi connectivity index (χ0v) is 15.0. The van der Waals surface area contributed by atoms with Crippen LogP contribution < -0.4 is 10.5 Å². The highest BCUT2D eigenvalue weighted by atomic mass is 35.5. The Labute approximate surface area is 152 Å². The number of nitrogens with zero attached hydrogens (tertiary/aromatic N) is 2. The van der Waals surface area contributed by atoms with Crippen LogP contribution in [0.15, 0.2) is 30.5 Å². The van der Waals surface area contributed by atoms with Gasteiger partial charge in [0.25, 0.3) is 5.91 Å². The molecule has 3 rings (SSSR count). The molecule has 2 N–H and O–H groups in total. The maximum absolute atomic E-state index is 12.1. The lowest BCUT2D eigenvalue weighted by Gasteiger charge is -2.06. The van der Waals surface area contributed by atoms with Gasteiger partial charge in [0.2, 0.25) is 0 Å². The molecule has 2 heterocycles. The largest absolute Gasteiger partial charge is 0.423 e. The molecule has 8 heteroatoms. The van der Waals surface area contributed by atoms with Gasteiger partial charge in [-0.2, -0.15) is 0 Å². The van der Waals surface area contributed by atoms with E-state index in [1.54, 1.807) is 17.4 Å². The minimum absolute atomic E-state index is 0.0469. The molecule has 6 nitrogen and oxygen atoms in total. The van der Waals surface area contributed by atoms with Gasteiger partial charge in [0.05, 0.1) is 17.0 Å². The van der Waals surface area contributed by atoms with Gasteiger partial charge in [-0.1, -0.05) is 11.6 Å². The quantitative estimate of drug-likeness (QED) is 0.430. The first-order valence-corrected chi connectivity index (χ1v) is 8.49. The molecule has 25 heavy (non-hydrogen) atoms. The Morgan fingerprint density at radius 1 is 1.36 bits per heavy atom. The molecular weight excluding hydrogens is 362 g/mol. The van der Waals surface area contributed by atoms with E-state index in [1.807, 2.05) is 24.4 Å². The van der Waals surface area contributed by atoms with Crippen LogP contribution in [0.1, 0.15) is 26.6 Å². The number of rotatable bonds is 4. The fourth-order valence-corrected chi connectivity index (χ4v) is 3.41. The summed E-state index contributed by atoms with van der Waals surface area (Å²) in [4.78, 5) is 30.0. The van der Waals surface area contributed by atoms with E-state index in [4.69, 9.17) is 22.1 Å². The number of imidazole rings is 1. The molecule has 0 bridgehead atoms. The van der Waals surface area contributed by atoms with Crippen LogP contribution in [-0.4, -0.2) is 21.3 Å². The Morgan fingerprint density at radius 2 is 2.12 bits per heavy atom. The van der Waals surface area contributed by atoms with Crippen molar-refractivity contribution >= 4 is 45.9 Å². The molecule has 0 saturated carbocycles. The predicted molar refractivity (Wildman–Crippen MR) is 97.2 cm³/mol. The number of benzene rings is 1. The van der Waals surface area contributed by atoms with E-state index < -0.39 is 11.9 Å². The van der Waals surface area contributed by atoms with E-state index in [-0.39, 0.29) is 11.3 Å². The third-order valence-corrected chi connectivity index (χ3v) is 4.59. The van der Waals surface area contributed by atoms with Gasteiger partial charge in [-0.05, 0) is 38.1 Å². The fraction of sp³-hybridized carbons (Fsp3) is 0.118. The van der Waals surface area contributed by atoms with Crippen molar-refractivity contribution in [1.82, 2.24) is 9.38 Å². The summed E-state index contributed by atoms with van der Waals surface area (Å²) in [5.41, 5.74) is 6.92. The molecule has 0 aliphatic rings. The summed E-state index contributed by atoms with van der Waals surface area (Å²) in [5, 5.41) is 0.328. The number of esters is 1. The van der Waals surface area contributed by atoms with Crippen LogP contribution in [-0.2, 0) is 4.79 Å². The second-order valence-electron chi connectivity index (χ2n) is 5.34. The number of thiazole rings is 1. The molecule has 2 aromatic heterocycles. The highest BCUT2D eigenvalue weighted by molar-refractivity contribution is 7.17. The number of primary amides is 1. The summed E-state index contributed by atoms with van der Waals surface area (Å²) in [6, 6.07) is 4.30. The van der Waals surface area contributed by atoms with Gasteiger partial charge < -0.3 is 10.5 Å². The molecule has 0 fully saturated rings. The third-order valence-electron chi connectivity index (χ3n) is 3.46. The summed E-state index contributed by atoms with van der Waals surface area (Å²) in [6.07, 6.45) is 4.86. The van der Waals surface area contributed by atoms with Crippen LogP contribution in [0, 0.1) is 13.8 Å². The smallest absolute Gasteiger partial charge is 0.336 e. The normalized spacial score (nSPS) is 11.3. The first-order chi connectivity index (χ1) is 11.8. The van der Waals surface area contributed by atoms with Gasteiger partial charge in [0, 0.05) is 22.2 Å². The summed E-state index contributed by atoms with van der Waals surface area (Å²) in [7, 11) is 0. The van der Waals surface area contributed by atoms with Crippen LogP contribution in [0.4, 0.5) is 0 Å². The lowest BCUT2D eigenvalue weighted by Crippen LogP contribution is -2.14. The van der Waals surface area contributed by atoms with Crippen molar-refractivity contribution in [2.75, 3.05) is 0 Å². The third kappa shape index (κ3) is 3.57. The van der Waals surface area contributed by atoms with Crippen molar-refractivity contribution in [3.05, 3.63) is 57.3 Å². The number of fused-ring (bicyclic) bond motifs is 1. The lowest BCUT2D eigenvalue weighted by molar-refractivity contribution is -0.128. The Morgan fingerprint density at radius 3 is 2.84 bits per heavy atom.